The average Bonchev–Trinajstić information content (AvgIpc) is 3.42. The number of hydrogen-bond donors (Lipinski definition) is 1. The number of hydrogen-bond acceptors (Lipinski definition) is 5. The smallest absolute Gasteiger partial charge is 0.262 e. The van der Waals surface area contributed by atoms with Crippen molar-refractivity contribution < 1.29 is 18.8 Å². The van der Waals surface area contributed by atoms with Crippen molar-refractivity contribution in [2.24, 2.45) is 5.92 Å². The highest BCUT2D eigenvalue weighted by Crippen LogP contribution is 2.41. The van der Waals surface area contributed by atoms with Crippen molar-refractivity contribution in [3.05, 3.63) is 102 Å². The number of nitrogens with zero attached hydrogens (tertiary/aromatic N) is 2. The molecule has 0 unspecified atom stereocenters. The minimum atomic E-state index is -1.08. The quantitative estimate of drug-likeness (QED) is 0.305. The number of nitrogens with one attached hydrogen (secondary N) is 1. The fraction of sp³-hybridized carbons (Fsp3) is 0.161. The fourth-order valence-electron chi connectivity index (χ4n) is 4.76. The maximum atomic E-state index is 13.7. The molecule has 0 bridgehead atoms. The van der Waals surface area contributed by atoms with Crippen LogP contribution in [-0.2, 0) is 4.79 Å². The number of fused-ring (bicyclic) bond motifs is 1. The SMILES string of the molecule is CC(C)C[C@@H](C(=O)Nc1oc(-c2ccccc2)c(-c2ccccc2)c1C#N)N1C(=O)c2ccccc2C1=O. The first-order chi connectivity index (χ1) is 18.4. The summed E-state index contributed by atoms with van der Waals surface area (Å²) < 4.78 is 6.14. The Morgan fingerprint density at radius 2 is 1.39 bits per heavy atom. The molecule has 5 rings (SSSR count). The third-order valence-electron chi connectivity index (χ3n) is 6.49. The van der Waals surface area contributed by atoms with Gasteiger partial charge in [-0.15, -0.1) is 0 Å². The summed E-state index contributed by atoms with van der Waals surface area (Å²) in [5.41, 5.74) is 2.75. The van der Waals surface area contributed by atoms with E-state index in [4.69, 9.17) is 4.42 Å². The maximum Gasteiger partial charge on any atom is 0.262 e. The number of anilines is 1. The summed E-state index contributed by atoms with van der Waals surface area (Å²) >= 11 is 0. The molecule has 188 valence electrons. The molecule has 0 saturated carbocycles. The Labute approximate surface area is 220 Å². The second kappa shape index (κ2) is 10.2. The molecule has 3 amide bonds. The molecule has 0 aliphatic carbocycles. The van der Waals surface area contributed by atoms with Crippen molar-refractivity contribution in [2.75, 3.05) is 5.32 Å². The molecule has 1 N–H and O–H groups in total. The van der Waals surface area contributed by atoms with Crippen LogP contribution in [0.2, 0.25) is 0 Å². The Bertz CT molecular complexity index is 1530. The minimum absolute atomic E-state index is 0.00172. The summed E-state index contributed by atoms with van der Waals surface area (Å²) in [6.45, 7) is 3.82. The number of benzene rings is 3. The van der Waals surface area contributed by atoms with Gasteiger partial charge >= 0.3 is 0 Å². The van der Waals surface area contributed by atoms with Crippen LogP contribution in [0.4, 0.5) is 5.88 Å². The molecule has 1 atom stereocenters. The number of carbonyl (C=O) groups excluding carboxylic acids is 3. The number of amides is 3. The van der Waals surface area contributed by atoms with E-state index in [1.54, 1.807) is 24.3 Å². The number of carbonyl (C=O) groups is 3. The van der Waals surface area contributed by atoms with E-state index in [1.165, 1.54) is 0 Å². The second-order valence-corrected chi connectivity index (χ2v) is 9.51. The zero-order valence-corrected chi connectivity index (χ0v) is 21.0. The lowest BCUT2D eigenvalue weighted by Gasteiger charge is -2.26. The first kappa shape index (κ1) is 24.7. The molecule has 2 heterocycles. The summed E-state index contributed by atoms with van der Waals surface area (Å²) in [7, 11) is 0. The van der Waals surface area contributed by atoms with E-state index in [1.807, 2.05) is 74.5 Å². The predicted molar refractivity (Wildman–Crippen MR) is 143 cm³/mol. The molecule has 1 aliphatic heterocycles. The largest absolute Gasteiger partial charge is 0.438 e. The van der Waals surface area contributed by atoms with Crippen LogP contribution < -0.4 is 5.32 Å². The third kappa shape index (κ3) is 4.37. The van der Waals surface area contributed by atoms with Crippen LogP contribution in [0.5, 0.6) is 0 Å². The lowest BCUT2D eigenvalue weighted by atomic mass is 9.98. The van der Waals surface area contributed by atoms with Crippen LogP contribution in [0.1, 0.15) is 46.5 Å². The zero-order valence-electron chi connectivity index (χ0n) is 21.0. The van der Waals surface area contributed by atoms with Crippen molar-refractivity contribution >= 4 is 23.6 Å². The van der Waals surface area contributed by atoms with E-state index < -0.39 is 23.8 Å². The molecule has 38 heavy (non-hydrogen) atoms. The van der Waals surface area contributed by atoms with Gasteiger partial charge in [0.15, 0.2) is 0 Å². The van der Waals surface area contributed by atoms with E-state index >= 15 is 0 Å². The molecular formula is C31H25N3O4. The van der Waals surface area contributed by atoms with Crippen molar-refractivity contribution in [2.45, 2.75) is 26.3 Å². The van der Waals surface area contributed by atoms with Gasteiger partial charge in [0.25, 0.3) is 11.8 Å². The zero-order chi connectivity index (χ0) is 26.8. The second-order valence-electron chi connectivity index (χ2n) is 9.51. The van der Waals surface area contributed by atoms with E-state index in [0.29, 0.717) is 11.3 Å². The van der Waals surface area contributed by atoms with Gasteiger partial charge in [0.1, 0.15) is 23.4 Å². The van der Waals surface area contributed by atoms with Crippen molar-refractivity contribution in [3.63, 3.8) is 0 Å². The Hall–Kier alpha value is -4.96. The van der Waals surface area contributed by atoms with E-state index in [-0.39, 0.29) is 34.9 Å². The molecule has 7 nitrogen and oxygen atoms in total. The van der Waals surface area contributed by atoms with Crippen LogP contribution in [-0.4, -0.2) is 28.7 Å². The monoisotopic (exact) mass is 503 g/mol. The standard InChI is InChI=1S/C31H25N3O4/c1-19(2)17-25(34-30(36)22-15-9-10-16-23(22)31(34)37)28(35)33-29-24(18-32)26(20-11-5-3-6-12-20)27(38-29)21-13-7-4-8-14-21/h3-16,19,25H,17H2,1-2H3,(H,33,35)/t25-/m0/s1. The third-order valence-corrected chi connectivity index (χ3v) is 6.49. The lowest BCUT2D eigenvalue weighted by molar-refractivity contribution is -0.120. The highest BCUT2D eigenvalue weighted by molar-refractivity contribution is 6.23. The average molecular weight is 504 g/mol. The molecule has 4 aromatic rings. The van der Waals surface area contributed by atoms with Crippen LogP contribution in [0.3, 0.4) is 0 Å². The molecular weight excluding hydrogens is 478 g/mol. The summed E-state index contributed by atoms with van der Waals surface area (Å²) in [5.74, 6) is -1.22. The summed E-state index contributed by atoms with van der Waals surface area (Å²) in [4.78, 5) is 41.1. The number of imide groups is 1. The van der Waals surface area contributed by atoms with Gasteiger partial charge in [-0.1, -0.05) is 86.6 Å². The number of rotatable bonds is 7. The van der Waals surface area contributed by atoms with E-state index in [0.717, 1.165) is 16.0 Å². The Balaban J connectivity index is 1.56. The Kier molecular flexibility index (Phi) is 6.63. The molecule has 0 radical (unpaired) electrons. The van der Waals surface area contributed by atoms with Crippen molar-refractivity contribution in [3.8, 4) is 28.5 Å². The molecule has 0 fully saturated rings. The van der Waals surface area contributed by atoms with Crippen molar-refractivity contribution in [1.82, 2.24) is 4.90 Å². The first-order valence-corrected chi connectivity index (χ1v) is 12.4. The van der Waals surface area contributed by atoms with Gasteiger partial charge in [0.2, 0.25) is 11.8 Å². The number of nitriles is 1. The topological polar surface area (TPSA) is 103 Å². The molecule has 1 aromatic heterocycles. The highest BCUT2D eigenvalue weighted by Gasteiger charge is 2.43. The van der Waals surface area contributed by atoms with Crippen molar-refractivity contribution in [1.29, 1.82) is 5.26 Å². The fourth-order valence-corrected chi connectivity index (χ4v) is 4.76. The normalized spacial score (nSPS) is 13.4. The molecule has 3 aromatic carbocycles. The van der Waals surface area contributed by atoms with Crippen LogP contribution in [0.25, 0.3) is 22.5 Å². The van der Waals surface area contributed by atoms with Crippen LogP contribution in [0, 0.1) is 17.2 Å². The van der Waals surface area contributed by atoms with Gasteiger partial charge in [0.05, 0.1) is 11.1 Å². The van der Waals surface area contributed by atoms with Gasteiger partial charge in [-0.05, 0) is 30.0 Å². The molecule has 0 saturated heterocycles. The summed E-state index contributed by atoms with van der Waals surface area (Å²) in [6.07, 6.45) is 0.247. The summed E-state index contributed by atoms with van der Waals surface area (Å²) in [5, 5.41) is 12.9. The van der Waals surface area contributed by atoms with Crippen LogP contribution in [0.15, 0.2) is 89.3 Å². The molecule has 0 spiro atoms. The lowest BCUT2D eigenvalue weighted by Crippen LogP contribution is -2.48. The Morgan fingerprint density at radius 1 is 0.868 bits per heavy atom. The highest BCUT2D eigenvalue weighted by atomic mass is 16.4. The van der Waals surface area contributed by atoms with Gasteiger partial charge in [-0.3, -0.25) is 24.6 Å². The minimum Gasteiger partial charge on any atom is -0.438 e. The van der Waals surface area contributed by atoms with Crippen LogP contribution >= 0.6 is 0 Å². The molecule has 1 aliphatic rings. The van der Waals surface area contributed by atoms with E-state index in [2.05, 4.69) is 11.4 Å². The summed E-state index contributed by atoms with van der Waals surface area (Å²) in [6, 6.07) is 26.3. The van der Waals surface area contributed by atoms with Gasteiger partial charge in [-0.25, -0.2) is 0 Å². The maximum absolute atomic E-state index is 13.7. The molecule has 7 heteroatoms. The van der Waals surface area contributed by atoms with Gasteiger partial charge in [-0.2, -0.15) is 5.26 Å². The van der Waals surface area contributed by atoms with E-state index in [9.17, 15) is 19.6 Å². The van der Waals surface area contributed by atoms with Gasteiger partial charge in [0, 0.05) is 11.1 Å². The predicted octanol–water partition coefficient (Wildman–Crippen LogP) is 6.13. The number of furan rings is 1. The van der Waals surface area contributed by atoms with Gasteiger partial charge < -0.3 is 4.42 Å². The first-order valence-electron chi connectivity index (χ1n) is 12.4. The Morgan fingerprint density at radius 3 is 1.92 bits per heavy atom.